The second-order valence-electron chi connectivity index (χ2n) is 5.96. The maximum absolute atomic E-state index is 12.6. The minimum Gasteiger partial charge on any atom is -0.376 e. The monoisotopic (exact) mass is 393 g/mol. The molecule has 1 N–H and O–H groups in total. The van der Waals surface area contributed by atoms with Gasteiger partial charge in [0.2, 0.25) is 15.9 Å². The molecule has 3 rings (SSSR count). The van der Waals surface area contributed by atoms with E-state index in [0.29, 0.717) is 31.2 Å². The molecule has 1 aliphatic heterocycles. The third-order valence-corrected chi connectivity index (χ3v) is 6.39. The van der Waals surface area contributed by atoms with Gasteiger partial charge in [0.05, 0.1) is 11.4 Å². The zero-order valence-electron chi connectivity index (χ0n) is 14.1. The fraction of sp³-hybridized carbons (Fsp3) is 0.278. The van der Waals surface area contributed by atoms with Crippen LogP contribution >= 0.6 is 11.6 Å². The molecule has 0 aliphatic carbocycles. The van der Waals surface area contributed by atoms with Crippen LogP contribution < -0.4 is 5.32 Å². The Labute approximate surface area is 158 Å². The van der Waals surface area contributed by atoms with Crippen molar-refractivity contribution < 1.29 is 13.2 Å². The Morgan fingerprint density at radius 1 is 1.00 bits per heavy atom. The largest absolute Gasteiger partial charge is 0.376 e. The number of carbonyl (C=O) groups is 1. The summed E-state index contributed by atoms with van der Waals surface area (Å²) in [6.07, 6.45) is 0. The maximum Gasteiger partial charge on any atom is 0.243 e. The second-order valence-corrected chi connectivity index (χ2v) is 8.34. The van der Waals surface area contributed by atoms with Gasteiger partial charge in [-0.25, -0.2) is 8.42 Å². The number of amides is 1. The molecule has 1 saturated heterocycles. The van der Waals surface area contributed by atoms with Crippen molar-refractivity contribution in [3.05, 3.63) is 59.6 Å². The van der Waals surface area contributed by atoms with Gasteiger partial charge in [-0.15, -0.1) is 0 Å². The van der Waals surface area contributed by atoms with Crippen molar-refractivity contribution in [3.8, 4) is 0 Å². The van der Waals surface area contributed by atoms with Crippen LogP contribution in [0.15, 0.2) is 59.5 Å². The summed E-state index contributed by atoms with van der Waals surface area (Å²) in [5, 5.41) is 3.64. The van der Waals surface area contributed by atoms with E-state index in [4.69, 9.17) is 11.6 Å². The highest BCUT2D eigenvalue weighted by molar-refractivity contribution is 7.89. The van der Waals surface area contributed by atoms with Gasteiger partial charge in [-0.05, 0) is 30.3 Å². The van der Waals surface area contributed by atoms with Crippen molar-refractivity contribution in [1.82, 2.24) is 9.21 Å². The van der Waals surface area contributed by atoms with E-state index in [1.807, 2.05) is 12.1 Å². The van der Waals surface area contributed by atoms with E-state index in [9.17, 15) is 13.2 Å². The van der Waals surface area contributed by atoms with Gasteiger partial charge in [0.25, 0.3) is 0 Å². The average molecular weight is 394 g/mol. The highest BCUT2D eigenvalue weighted by atomic mass is 35.5. The molecule has 1 fully saturated rings. The molecule has 0 atom stereocenters. The van der Waals surface area contributed by atoms with Gasteiger partial charge in [-0.1, -0.05) is 35.9 Å². The zero-order valence-corrected chi connectivity index (χ0v) is 15.7. The van der Waals surface area contributed by atoms with E-state index in [0.717, 1.165) is 5.69 Å². The normalized spacial score (nSPS) is 15.7. The van der Waals surface area contributed by atoms with Gasteiger partial charge in [0.15, 0.2) is 0 Å². The van der Waals surface area contributed by atoms with Crippen molar-refractivity contribution in [2.75, 3.05) is 38.0 Å². The summed E-state index contributed by atoms with van der Waals surface area (Å²) in [5.74, 6) is -0.0678. The van der Waals surface area contributed by atoms with E-state index in [1.54, 1.807) is 47.4 Å². The SMILES string of the molecule is O=C(CNc1cccc(Cl)c1)N1CCN(S(=O)(=O)c2ccccc2)CC1. The molecule has 1 aliphatic rings. The molecular formula is C18H20ClN3O3S. The molecule has 0 radical (unpaired) electrons. The molecule has 2 aromatic carbocycles. The summed E-state index contributed by atoms with van der Waals surface area (Å²) in [6.45, 7) is 1.48. The van der Waals surface area contributed by atoms with Gasteiger partial charge in [-0.2, -0.15) is 4.31 Å². The first-order valence-electron chi connectivity index (χ1n) is 8.29. The third kappa shape index (κ3) is 4.35. The van der Waals surface area contributed by atoms with Crippen LogP contribution in [-0.4, -0.2) is 56.3 Å². The number of hydrogen-bond donors (Lipinski definition) is 1. The Hall–Kier alpha value is -2.09. The first-order chi connectivity index (χ1) is 12.5. The summed E-state index contributed by atoms with van der Waals surface area (Å²) < 4.78 is 26.6. The van der Waals surface area contributed by atoms with Gasteiger partial charge in [-0.3, -0.25) is 4.79 Å². The molecule has 138 valence electrons. The number of carbonyl (C=O) groups excluding carboxylic acids is 1. The Bertz CT molecular complexity index is 866. The molecule has 0 bridgehead atoms. The van der Waals surface area contributed by atoms with Crippen LogP contribution in [0.25, 0.3) is 0 Å². The molecule has 0 aromatic heterocycles. The number of nitrogens with zero attached hydrogens (tertiary/aromatic N) is 2. The second kappa shape index (κ2) is 8.07. The number of hydrogen-bond acceptors (Lipinski definition) is 4. The predicted molar refractivity (Wildman–Crippen MR) is 102 cm³/mol. The van der Waals surface area contributed by atoms with Gasteiger partial charge < -0.3 is 10.2 Å². The molecule has 1 heterocycles. The lowest BCUT2D eigenvalue weighted by molar-refractivity contribution is -0.130. The standard InChI is InChI=1S/C18H20ClN3O3S/c19-15-5-4-6-16(13-15)20-14-18(23)21-9-11-22(12-10-21)26(24,25)17-7-2-1-3-8-17/h1-8,13,20H,9-12,14H2. The Kier molecular flexibility index (Phi) is 5.80. The maximum atomic E-state index is 12.6. The van der Waals surface area contributed by atoms with Gasteiger partial charge >= 0.3 is 0 Å². The summed E-state index contributed by atoms with van der Waals surface area (Å²) in [5.41, 5.74) is 0.774. The highest BCUT2D eigenvalue weighted by Crippen LogP contribution is 2.18. The first kappa shape index (κ1) is 18.7. The topological polar surface area (TPSA) is 69.7 Å². The van der Waals surface area contributed by atoms with E-state index in [1.165, 1.54) is 4.31 Å². The number of piperazine rings is 1. The Morgan fingerprint density at radius 3 is 2.35 bits per heavy atom. The summed E-state index contributed by atoms with van der Waals surface area (Å²) in [6, 6.07) is 15.5. The van der Waals surface area contributed by atoms with Crippen LogP contribution in [0.4, 0.5) is 5.69 Å². The van der Waals surface area contributed by atoms with E-state index in [-0.39, 0.29) is 17.3 Å². The number of nitrogens with one attached hydrogen (secondary N) is 1. The highest BCUT2D eigenvalue weighted by Gasteiger charge is 2.29. The lowest BCUT2D eigenvalue weighted by atomic mass is 10.3. The summed E-state index contributed by atoms with van der Waals surface area (Å²) in [4.78, 5) is 14.3. The van der Waals surface area contributed by atoms with Crippen molar-refractivity contribution in [2.45, 2.75) is 4.90 Å². The average Bonchev–Trinajstić information content (AvgIpc) is 2.67. The molecule has 2 aromatic rings. The van der Waals surface area contributed by atoms with Crippen LogP contribution in [0.3, 0.4) is 0 Å². The fourth-order valence-electron chi connectivity index (χ4n) is 2.81. The fourth-order valence-corrected chi connectivity index (χ4v) is 4.44. The minimum atomic E-state index is -3.51. The van der Waals surface area contributed by atoms with Crippen LogP contribution in [0.5, 0.6) is 0 Å². The summed E-state index contributed by atoms with van der Waals surface area (Å²) >= 11 is 5.92. The number of halogens is 1. The molecule has 0 saturated carbocycles. The van der Waals surface area contributed by atoms with Crippen LogP contribution in [0.1, 0.15) is 0 Å². The Morgan fingerprint density at radius 2 is 1.69 bits per heavy atom. The third-order valence-electron chi connectivity index (χ3n) is 4.24. The van der Waals surface area contributed by atoms with Crippen molar-refractivity contribution in [1.29, 1.82) is 0 Å². The Balaban J connectivity index is 1.54. The van der Waals surface area contributed by atoms with Crippen molar-refractivity contribution >= 4 is 33.2 Å². The smallest absolute Gasteiger partial charge is 0.243 e. The molecule has 26 heavy (non-hydrogen) atoms. The van der Waals surface area contributed by atoms with Crippen LogP contribution in [-0.2, 0) is 14.8 Å². The number of anilines is 1. The molecule has 0 unspecified atom stereocenters. The van der Waals surface area contributed by atoms with Gasteiger partial charge in [0, 0.05) is 36.9 Å². The summed E-state index contributed by atoms with van der Waals surface area (Å²) in [7, 11) is -3.51. The minimum absolute atomic E-state index is 0.0678. The lowest BCUT2D eigenvalue weighted by Gasteiger charge is -2.34. The van der Waals surface area contributed by atoms with Crippen LogP contribution in [0.2, 0.25) is 5.02 Å². The zero-order chi connectivity index (χ0) is 18.6. The quantitative estimate of drug-likeness (QED) is 0.846. The molecule has 8 heteroatoms. The first-order valence-corrected chi connectivity index (χ1v) is 10.1. The van der Waals surface area contributed by atoms with E-state index >= 15 is 0 Å². The van der Waals surface area contributed by atoms with E-state index in [2.05, 4.69) is 5.32 Å². The number of sulfonamides is 1. The number of rotatable bonds is 5. The molecule has 0 spiro atoms. The molecular weight excluding hydrogens is 374 g/mol. The molecule has 1 amide bonds. The lowest BCUT2D eigenvalue weighted by Crippen LogP contribution is -2.51. The van der Waals surface area contributed by atoms with E-state index < -0.39 is 10.0 Å². The molecule has 6 nitrogen and oxygen atoms in total. The predicted octanol–water partition coefficient (Wildman–Crippen LogP) is 2.29. The number of benzene rings is 2. The van der Waals surface area contributed by atoms with Crippen LogP contribution in [0, 0.1) is 0 Å². The van der Waals surface area contributed by atoms with Crippen molar-refractivity contribution in [2.24, 2.45) is 0 Å². The van der Waals surface area contributed by atoms with Gasteiger partial charge in [0.1, 0.15) is 0 Å². The van der Waals surface area contributed by atoms with Crippen molar-refractivity contribution in [3.63, 3.8) is 0 Å².